The summed E-state index contributed by atoms with van der Waals surface area (Å²) in [7, 11) is 0. The summed E-state index contributed by atoms with van der Waals surface area (Å²) in [6, 6.07) is 7.27. The summed E-state index contributed by atoms with van der Waals surface area (Å²) in [5.74, 6) is 1.79. The number of ether oxygens (including phenoxy) is 1. The molecule has 2 unspecified atom stereocenters. The van der Waals surface area contributed by atoms with Crippen molar-refractivity contribution in [1.29, 1.82) is 5.26 Å². The average Bonchev–Trinajstić information content (AvgIpc) is 2.39. The average molecular weight is 262 g/mol. The van der Waals surface area contributed by atoms with E-state index in [1.54, 1.807) is 18.2 Å². The predicted octanol–water partition coefficient (Wildman–Crippen LogP) is 4.19. The third-order valence-electron chi connectivity index (χ3n) is 3.43. The number of hydrogen-bond donors (Lipinski definition) is 0. The molecule has 2 nitrogen and oxygen atoms in total. The lowest BCUT2D eigenvalue weighted by Crippen LogP contribution is -2.21. The summed E-state index contributed by atoms with van der Waals surface area (Å²) >= 11 is 5.85. The molecule has 1 aromatic rings. The van der Waals surface area contributed by atoms with Gasteiger partial charge in [-0.2, -0.15) is 5.26 Å². The van der Waals surface area contributed by atoms with Gasteiger partial charge in [-0.1, -0.05) is 30.7 Å². The van der Waals surface area contributed by atoms with Crippen molar-refractivity contribution in [1.82, 2.24) is 0 Å². The Balaban J connectivity index is 2.02. The van der Waals surface area contributed by atoms with Gasteiger partial charge in [0.05, 0.1) is 12.2 Å². The molecule has 2 atom stereocenters. The van der Waals surface area contributed by atoms with E-state index in [9.17, 15) is 0 Å². The lowest BCUT2D eigenvalue weighted by molar-refractivity contribution is 0.198. The van der Waals surface area contributed by atoms with E-state index in [1.165, 1.54) is 0 Å². The van der Waals surface area contributed by atoms with Crippen molar-refractivity contribution >= 4 is 11.6 Å². The van der Waals surface area contributed by atoms with Gasteiger partial charge in [0, 0.05) is 5.02 Å². The SMILES string of the molecule is CC1CC=CCC1COc1ccc(Cl)cc1C#N. The molecular formula is C15H16ClNO. The van der Waals surface area contributed by atoms with E-state index in [4.69, 9.17) is 21.6 Å². The zero-order valence-electron chi connectivity index (χ0n) is 10.4. The van der Waals surface area contributed by atoms with Crippen molar-refractivity contribution in [2.75, 3.05) is 6.61 Å². The van der Waals surface area contributed by atoms with Crippen molar-refractivity contribution in [3.63, 3.8) is 0 Å². The zero-order chi connectivity index (χ0) is 13.0. The first-order valence-corrected chi connectivity index (χ1v) is 6.56. The van der Waals surface area contributed by atoms with Crippen molar-refractivity contribution in [3.05, 3.63) is 40.9 Å². The van der Waals surface area contributed by atoms with Gasteiger partial charge >= 0.3 is 0 Å². The monoisotopic (exact) mass is 261 g/mol. The minimum atomic E-state index is 0.501. The first-order valence-electron chi connectivity index (χ1n) is 6.18. The van der Waals surface area contributed by atoms with Crippen molar-refractivity contribution in [2.45, 2.75) is 19.8 Å². The Bertz CT molecular complexity index is 490. The molecule has 0 spiro atoms. The first kappa shape index (κ1) is 13.0. The van der Waals surface area contributed by atoms with Crippen LogP contribution in [0, 0.1) is 23.2 Å². The summed E-state index contributed by atoms with van der Waals surface area (Å²) in [6.45, 7) is 2.90. The second kappa shape index (κ2) is 5.93. The molecule has 0 heterocycles. The molecular weight excluding hydrogens is 246 g/mol. The summed E-state index contributed by atoms with van der Waals surface area (Å²) in [4.78, 5) is 0. The molecule has 1 aromatic carbocycles. The number of nitrogens with zero attached hydrogens (tertiary/aromatic N) is 1. The molecule has 2 rings (SSSR count). The molecule has 1 aliphatic carbocycles. The second-order valence-corrected chi connectivity index (χ2v) is 5.18. The number of rotatable bonds is 3. The second-order valence-electron chi connectivity index (χ2n) is 4.74. The molecule has 0 bridgehead atoms. The Labute approximate surface area is 113 Å². The molecule has 0 amide bonds. The zero-order valence-corrected chi connectivity index (χ0v) is 11.2. The molecule has 0 aromatic heterocycles. The highest BCUT2D eigenvalue weighted by molar-refractivity contribution is 6.30. The van der Waals surface area contributed by atoms with E-state index in [2.05, 4.69) is 25.1 Å². The van der Waals surface area contributed by atoms with Crippen LogP contribution in [0.2, 0.25) is 5.02 Å². The lowest BCUT2D eigenvalue weighted by Gasteiger charge is -2.25. The van der Waals surface area contributed by atoms with Crippen molar-refractivity contribution < 1.29 is 4.74 Å². The molecule has 0 saturated heterocycles. The fourth-order valence-corrected chi connectivity index (χ4v) is 2.32. The van der Waals surface area contributed by atoms with Gasteiger partial charge in [-0.05, 0) is 42.9 Å². The van der Waals surface area contributed by atoms with Crippen LogP contribution in [0.5, 0.6) is 5.75 Å². The first-order chi connectivity index (χ1) is 8.70. The van der Waals surface area contributed by atoms with Crippen LogP contribution in [0.1, 0.15) is 25.3 Å². The van der Waals surface area contributed by atoms with Gasteiger partial charge in [0.25, 0.3) is 0 Å². The molecule has 94 valence electrons. The predicted molar refractivity (Wildman–Crippen MR) is 72.7 cm³/mol. The molecule has 0 N–H and O–H groups in total. The highest BCUT2D eigenvalue weighted by atomic mass is 35.5. The van der Waals surface area contributed by atoms with Crippen LogP contribution >= 0.6 is 11.6 Å². The maximum absolute atomic E-state index is 9.03. The Hall–Kier alpha value is -1.46. The van der Waals surface area contributed by atoms with Crippen molar-refractivity contribution in [2.24, 2.45) is 11.8 Å². The Morgan fingerprint density at radius 1 is 1.39 bits per heavy atom. The lowest BCUT2D eigenvalue weighted by atomic mass is 9.85. The van der Waals surface area contributed by atoms with E-state index >= 15 is 0 Å². The van der Waals surface area contributed by atoms with Gasteiger partial charge in [-0.25, -0.2) is 0 Å². The molecule has 0 fully saturated rings. The highest BCUT2D eigenvalue weighted by Crippen LogP contribution is 2.27. The standard InChI is InChI=1S/C15H16ClNO/c1-11-4-2-3-5-12(11)10-18-15-7-6-14(16)8-13(15)9-17/h2-3,6-8,11-12H,4-5,10H2,1H3. The van der Waals surface area contributed by atoms with Gasteiger partial charge in [0.15, 0.2) is 0 Å². The van der Waals surface area contributed by atoms with Crippen LogP contribution in [-0.4, -0.2) is 6.61 Å². The number of nitriles is 1. The van der Waals surface area contributed by atoms with Gasteiger partial charge < -0.3 is 4.74 Å². The number of benzene rings is 1. The Morgan fingerprint density at radius 2 is 2.17 bits per heavy atom. The maximum Gasteiger partial charge on any atom is 0.137 e. The highest BCUT2D eigenvalue weighted by Gasteiger charge is 2.19. The molecule has 0 saturated carbocycles. The normalized spacial score (nSPS) is 22.5. The molecule has 1 aliphatic rings. The minimum absolute atomic E-state index is 0.501. The van der Waals surface area contributed by atoms with Crippen LogP contribution in [0.25, 0.3) is 0 Å². The Morgan fingerprint density at radius 3 is 2.89 bits per heavy atom. The van der Waals surface area contributed by atoms with Gasteiger partial charge in [0.1, 0.15) is 11.8 Å². The molecule has 0 radical (unpaired) electrons. The van der Waals surface area contributed by atoms with E-state index in [0.717, 1.165) is 12.8 Å². The number of hydrogen-bond acceptors (Lipinski definition) is 2. The fraction of sp³-hybridized carbons (Fsp3) is 0.400. The summed E-state index contributed by atoms with van der Waals surface area (Å²) in [5.41, 5.74) is 0.501. The van der Waals surface area contributed by atoms with Gasteiger partial charge in [0.2, 0.25) is 0 Å². The number of allylic oxidation sites excluding steroid dienone is 2. The third-order valence-corrected chi connectivity index (χ3v) is 3.67. The quantitative estimate of drug-likeness (QED) is 0.764. The summed E-state index contributed by atoms with van der Waals surface area (Å²) < 4.78 is 5.78. The van der Waals surface area contributed by atoms with Crippen LogP contribution in [0.4, 0.5) is 0 Å². The van der Waals surface area contributed by atoms with E-state index < -0.39 is 0 Å². The van der Waals surface area contributed by atoms with E-state index in [0.29, 0.717) is 34.8 Å². The van der Waals surface area contributed by atoms with Gasteiger partial charge in [-0.15, -0.1) is 0 Å². The molecule has 18 heavy (non-hydrogen) atoms. The van der Waals surface area contributed by atoms with E-state index in [-0.39, 0.29) is 0 Å². The number of halogens is 1. The van der Waals surface area contributed by atoms with Crippen LogP contribution in [0.15, 0.2) is 30.4 Å². The maximum atomic E-state index is 9.03. The van der Waals surface area contributed by atoms with Crippen LogP contribution in [-0.2, 0) is 0 Å². The van der Waals surface area contributed by atoms with Gasteiger partial charge in [-0.3, -0.25) is 0 Å². The smallest absolute Gasteiger partial charge is 0.137 e. The minimum Gasteiger partial charge on any atom is -0.492 e. The summed E-state index contributed by atoms with van der Waals surface area (Å²) in [5, 5.41) is 9.59. The van der Waals surface area contributed by atoms with Crippen molar-refractivity contribution in [3.8, 4) is 11.8 Å². The Kier molecular flexibility index (Phi) is 4.28. The topological polar surface area (TPSA) is 33.0 Å². The fourth-order valence-electron chi connectivity index (χ4n) is 2.15. The van der Waals surface area contributed by atoms with E-state index in [1.807, 2.05) is 0 Å². The van der Waals surface area contributed by atoms with Crippen LogP contribution in [0.3, 0.4) is 0 Å². The largest absolute Gasteiger partial charge is 0.492 e. The van der Waals surface area contributed by atoms with Crippen LogP contribution < -0.4 is 4.74 Å². The molecule has 3 heteroatoms. The summed E-state index contributed by atoms with van der Waals surface area (Å²) in [6.07, 6.45) is 6.60. The third kappa shape index (κ3) is 3.05. The molecule has 0 aliphatic heterocycles.